The molecule has 0 aromatic heterocycles. The molecule has 0 aromatic rings. The molecule has 16 heavy (non-hydrogen) atoms. The highest BCUT2D eigenvalue weighted by Crippen LogP contribution is 2.54. The van der Waals surface area contributed by atoms with Crippen molar-refractivity contribution in [3.63, 3.8) is 0 Å². The molecule has 1 spiro atoms. The fourth-order valence-corrected chi connectivity index (χ4v) is 6.52. The van der Waals surface area contributed by atoms with Gasteiger partial charge in [0.25, 0.3) is 0 Å². The van der Waals surface area contributed by atoms with Crippen molar-refractivity contribution in [2.24, 2.45) is 11.8 Å². The second kappa shape index (κ2) is 4.09. The zero-order valence-electron chi connectivity index (χ0n) is 9.70. The maximum atomic E-state index is 12.5. The fourth-order valence-electron chi connectivity index (χ4n) is 3.28. The van der Waals surface area contributed by atoms with Gasteiger partial charge in [-0.3, -0.25) is 4.79 Å². The summed E-state index contributed by atoms with van der Waals surface area (Å²) in [6, 6.07) is 0. The Morgan fingerprint density at radius 2 is 2.06 bits per heavy atom. The smallest absolute Gasteiger partial charge is 0.166 e. The molecule has 2 aliphatic carbocycles. The first-order valence-electron chi connectivity index (χ1n) is 6.27. The molecular formula is C13H18OS2. The Bertz CT molecular complexity index is 342. The molecule has 0 aromatic carbocycles. The normalized spacial score (nSPS) is 37.3. The van der Waals surface area contributed by atoms with Gasteiger partial charge in [-0.05, 0) is 25.2 Å². The van der Waals surface area contributed by atoms with Crippen LogP contribution in [0.2, 0.25) is 0 Å². The largest absolute Gasteiger partial charge is 0.296 e. The molecule has 0 bridgehead atoms. The van der Waals surface area contributed by atoms with Crippen molar-refractivity contribution in [1.29, 1.82) is 0 Å². The van der Waals surface area contributed by atoms with Gasteiger partial charge in [0.15, 0.2) is 5.78 Å². The summed E-state index contributed by atoms with van der Waals surface area (Å²) >= 11 is 3.74. The summed E-state index contributed by atoms with van der Waals surface area (Å²) in [5.74, 6) is 3.61. The predicted octanol–water partition coefficient (Wildman–Crippen LogP) is 3.50. The van der Waals surface area contributed by atoms with Crippen LogP contribution in [0, 0.1) is 11.8 Å². The Morgan fingerprint density at radius 3 is 2.81 bits per heavy atom. The van der Waals surface area contributed by atoms with Crippen LogP contribution in [0.4, 0.5) is 0 Å². The van der Waals surface area contributed by atoms with E-state index in [4.69, 9.17) is 0 Å². The van der Waals surface area contributed by atoms with Crippen LogP contribution in [-0.4, -0.2) is 21.4 Å². The van der Waals surface area contributed by atoms with Crippen LogP contribution in [0.3, 0.4) is 0 Å². The standard InChI is InChI=1S/C13H18OS2/c1-9-11-5-3-2-4-10(11)8-13(12(9)14)15-6-7-16-13/h8-9,11H,2-7H2,1H3/t9-,11?/m1/s1. The molecule has 0 radical (unpaired) electrons. The summed E-state index contributed by atoms with van der Waals surface area (Å²) in [4.78, 5) is 12.5. The molecule has 0 N–H and O–H groups in total. The first-order chi connectivity index (χ1) is 7.73. The number of hydrogen-bond donors (Lipinski definition) is 0. The summed E-state index contributed by atoms with van der Waals surface area (Å²) in [5, 5.41) is 0. The molecule has 1 saturated carbocycles. The van der Waals surface area contributed by atoms with Crippen molar-refractivity contribution in [3.8, 4) is 0 Å². The molecular weight excluding hydrogens is 236 g/mol. The van der Waals surface area contributed by atoms with E-state index in [0.717, 1.165) is 11.5 Å². The maximum Gasteiger partial charge on any atom is 0.166 e. The van der Waals surface area contributed by atoms with Crippen LogP contribution in [-0.2, 0) is 4.79 Å². The SMILES string of the molecule is C[C@H]1C(=O)C2(C=C3CCCCC31)SCCS2. The lowest BCUT2D eigenvalue weighted by Gasteiger charge is -2.40. The molecule has 2 atom stereocenters. The Balaban J connectivity index is 1.99. The van der Waals surface area contributed by atoms with Crippen molar-refractivity contribution in [1.82, 2.24) is 0 Å². The van der Waals surface area contributed by atoms with Crippen molar-refractivity contribution in [2.75, 3.05) is 11.5 Å². The Morgan fingerprint density at radius 1 is 1.31 bits per heavy atom. The summed E-state index contributed by atoms with van der Waals surface area (Å²) in [7, 11) is 0. The van der Waals surface area contributed by atoms with Crippen LogP contribution in [0.1, 0.15) is 32.6 Å². The summed E-state index contributed by atoms with van der Waals surface area (Å²) in [6.45, 7) is 2.16. The number of carbonyl (C=O) groups excluding carboxylic acids is 1. The quantitative estimate of drug-likeness (QED) is 0.616. The van der Waals surface area contributed by atoms with E-state index in [1.807, 2.05) is 23.5 Å². The molecule has 3 aliphatic rings. The zero-order valence-corrected chi connectivity index (χ0v) is 11.3. The van der Waals surface area contributed by atoms with Crippen LogP contribution >= 0.6 is 23.5 Å². The molecule has 1 heterocycles. The van der Waals surface area contributed by atoms with Crippen LogP contribution in [0.5, 0.6) is 0 Å². The molecule has 1 nitrogen and oxygen atoms in total. The van der Waals surface area contributed by atoms with Gasteiger partial charge in [0.1, 0.15) is 4.08 Å². The number of Topliss-reactive ketones (excluding diaryl/α,β-unsaturated/α-hetero) is 1. The summed E-state index contributed by atoms with van der Waals surface area (Å²) in [5.41, 5.74) is 1.60. The lowest BCUT2D eigenvalue weighted by molar-refractivity contribution is -0.123. The number of rotatable bonds is 0. The van der Waals surface area contributed by atoms with E-state index in [1.54, 1.807) is 5.57 Å². The monoisotopic (exact) mass is 254 g/mol. The first-order valence-corrected chi connectivity index (χ1v) is 8.24. The number of carbonyl (C=O) groups is 1. The lowest BCUT2D eigenvalue weighted by Crippen LogP contribution is -2.41. The van der Waals surface area contributed by atoms with Gasteiger partial charge in [0, 0.05) is 17.4 Å². The average Bonchev–Trinajstić information content (AvgIpc) is 2.76. The van der Waals surface area contributed by atoms with Gasteiger partial charge in [-0.1, -0.05) is 25.0 Å². The number of fused-ring (bicyclic) bond motifs is 1. The van der Waals surface area contributed by atoms with Crippen molar-refractivity contribution in [2.45, 2.75) is 36.7 Å². The van der Waals surface area contributed by atoms with Crippen molar-refractivity contribution < 1.29 is 4.79 Å². The minimum atomic E-state index is -0.178. The van der Waals surface area contributed by atoms with Crippen LogP contribution < -0.4 is 0 Å². The summed E-state index contributed by atoms with van der Waals surface area (Å²) in [6.07, 6.45) is 7.47. The topological polar surface area (TPSA) is 17.1 Å². The lowest BCUT2D eigenvalue weighted by atomic mass is 9.71. The molecule has 0 amide bonds. The van der Waals surface area contributed by atoms with E-state index >= 15 is 0 Å². The fraction of sp³-hybridized carbons (Fsp3) is 0.769. The number of hydrogen-bond acceptors (Lipinski definition) is 3. The van der Waals surface area contributed by atoms with Gasteiger partial charge in [-0.15, -0.1) is 23.5 Å². The number of thioether (sulfide) groups is 2. The molecule has 3 heteroatoms. The molecule has 88 valence electrons. The van der Waals surface area contributed by atoms with E-state index in [1.165, 1.54) is 25.7 Å². The minimum Gasteiger partial charge on any atom is -0.296 e. The number of ketones is 1. The second-order valence-corrected chi connectivity index (χ2v) is 8.03. The highest BCUT2D eigenvalue weighted by Gasteiger charge is 2.49. The highest BCUT2D eigenvalue weighted by molar-refractivity contribution is 8.22. The Kier molecular flexibility index (Phi) is 2.87. The Labute approximate surface area is 106 Å². The zero-order chi connectivity index (χ0) is 11.2. The van der Waals surface area contributed by atoms with E-state index in [-0.39, 0.29) is 10.00 Å². The maximum absolute atomic E-state index is 12.5. The second-order valence-electron chi connectivity index (χ2n) is 5.09. The minimum absolute atomic E-state index is 0.178. The van der Waals surface area contributed by atoms with Gasteiger partial charge in [0.2, 0.25) is 0 Å². The molecule has 3 rings (SSSR count). The van der Waals surface area contributed by atoms with Gasteiger partial charge in [0.05, 0.1) is 0 Å². The molecule has 1 aliphatic heterocycles. The predicted molar refractivity (Wildman–Crippen MR) is 71.9 cm³/mol. The molecule has 1 unspecified atom stereocenters. The Hall–Kier alpha value is 0.110. The van der Waals surface area contributed by atoms with Crippen molar-refractivity contribution in [3.05, 3.63) is 11.6 Å². The summed E-state index contributed by atoms with van der Waals surface area (Å²) < 4.78 is -0.178. The highest BCUT2D eigenvalue weighted by atomic mass is 32.2. The average molecular weight is 254 g/mol. The third kappa shape index (κ3) is 1.59. The number of allylic oxidation sites excluding steroid dienone is 1. The van der Waals surface area contributed by atoms with E-state index in [2.05, 4.69) is 13.0 Å². The van der Waals surface area contributed by atoms with Gasteiger partial charge in [-0.25, -0.2) is 0 Å². The first kappa shape index (κ1) is 11.2. The van der Waals surface area contributed by atoms with Gasteiger partial charge < -0.3 is 0 Å². The van der Waals surface area contributed by atoms with Crippen LogP contribution in [0.25, 0.3) is 0 Å². The van der Waals surface area contributed by atoms with Gasteiger partial charge in [-0.2, -0.15) is 0 Å². The molecule has 2 fully saturated rings. The third-order valence-electron chi connectivity index (χ3n) is 4.16. The third-order valence-corrected chi connectivity index (χ3v) is 7.44. The van der Waals surface area contributed by atoms with E-state index in [9.17, 15) is 4.79 Å². The van der Waals surface area contributed by atoms with E-state index in [0.29, 0.717) is 11.7 Å². The van der Waals surface area contributed by atoms with Gasteiger partial charge >= 0.3 is 0 Å². The molecule has 1 saturated heterocycles. The van der Waals surface area contributed by atoms with Crippen molar-refractivity contribution >= 4 is 29.3 Å². The van der Waals surface area contributed by atoms with E-state index < -0.39 is 0 Å². The van der Waals surface area contributed by atoms with Crippen LogP contribution in [0.15, 0.2) is 11.6 Å².